The Hall–Kier alpha value is -3.15. The number of esters is 1. The van der Waals surface area contributed by atoms with E-state index in [1.54, 1.807) is 16.9 Å². The first kappa shape index (κ1) is 16.3. The van der Waals surface area contributed by atoms with Gasteiger partial charge in [0, 0.05) is 19.2 Å². The second-order valence-electron chi connectivity index (χ2n) is 6.62. The Morgan fingerprint density at radius 1 is 1.23 bits per heavy atom. The molecule has 1 aliphatic carbocycles. The monoisotopic (exact) mass is 349 g/mol. The molecule has 1 aliphatic rings. The van der Waals surface area contributed by atoms with Crippen molar-refractivity contribution < 1.29 is 14.3 Å². The Morgan fingerprint density at radius 3 is 2.62 bits per heavy atom. The first-order chi connectivity index (χ1) is 12.6. The summed E-state index contributed by atoms with van der Waals surface area (Å²) in [5.74, 6) is -0.466. The zero-order valence-electron chi connectivity index (χ0n) is 14.6. The number of hydrogen-bond donors (Lipinski definition) is 1. The number of aryl methyl sites for hydroxylation is 1. The molecule has 6 heteroatoms. The molecule has 0 spiro atoms. The van der Waals surface area contributed by atoms with Crippen molar-refractivity contribution in [2.75, 3.05) is 12.4 Å². The molecule has 1 fully saturated rings. The predicted octanol–water partition coefficient (Wildman–Crippen LogP) is 3.10. The number of carbonyl (C=O) groups excluding carboxylic acids is 2. The number of carbonyl (C=O) groups is 2. The minimum Gasteiger partial charge on any atom is -0.465 e. The van der Waals surface area contributed by atoms with Gasteiger partial charge in [0.25, 0.3) is 0 Å². The molecule has 1 saturated carbocycles. The van der Waals surface area contributed by atoms with Gasteiger partial charge in [0.1, 0.15) is 0 Å². The van der Waals surface area contributed by atoms with Gasteiger partial charge < -0.3 is 10.1 Å². The summed E-state index contributed by atoms with van der Waals surface area (Å²) in [4.78, 5) is 24.8. The topological polar surface area (TPSA) is 73.2 Å². The normalized spacial score (nSPS) is 18.5. The van der Waals surface area contributed by atoms with E-state index in [2.05, 4.69) is 10.4 Å². The number of aromatic nitrogens is 2. The average Bonchev–Trinajstić information content (AvgIpc) is 3.34. The standard InChI is InChI=1S/C20H19N3O3/c1-23-11-14(10-21-23)15-9-16(15)19(24)22-18-8-13-6-4-3-5-12(13)7-17(18)20(25)26-2/h3-8,10-11,15-16H,9H2,1-2H3,(H,22,24)/t15-,16-/m0/s1. The summed E-state index contributed by atoms with van der Waals surface area (Å²) < 4.78 is 6.61. The maximum atomic E-state index is 12.7. The number of nitrogens with one attached hydrogen (secondary N) is 1. The fraction of sp³-hybridized carbons (Fsp3) is 0.250. The third kappa shape index (κ3) is 2.94. The van der Waals surface area contributed by atoms with Crippen molar-refractivity contribution in [3.63, 3.8) is 0 Å². The van der Waals surface area contributed by atoms with Crippen LogP contribution in [0.15, 0.2) is 48.8 Å². The molecule has 0 bridgehead atoms. The van der Waals surface area contributed by atoms with E-state index < -0.39 is 5.97 Å². The third-order valence-electron chi connectivity index (χ3n) is 4.83. The summed E-state index contributed by atoms with van der Waals surface area (Å²) in [6, 6.07) is 11.3. The van der Waals surface area contributed by atoms with E-state index in [1.165, 1.54) is 7.11 Å². The SMILES string of the molecule is COC(=O)c1cc2ccccc2cc1NC(=O)[C@H]1C[C@H]1c1cnn(C)c1. The molecule has 1 N–H and O–H groups in total. The zero-order valence-corrected chi connectivity index (χ0v) is 14.6. The van der Waals surface area contributed by atoms with E-state index in [0.717, 1.165) is 22.8 Å². The van der Waals surface area contributed by atoms with E-state index in [1.807, 2.05) is 43.6 Å². The van der Waals surface area contributed by atoms with Crippen LogP contribution >= 0.6 is 0 Å². The van der Waals surface area contributed by atoms with Gasteiger partial charge in [-0.05, 0) is 40.8 Å². The lowest BCUT2D eigenvalue weighted by Gasteiger charge is -2.11. The van der Waals surface area contributed by atoms with Crippen molar-refractivity contribution in [3.05, 3.63) is 59.9 Å². The van der Waals surface area contributed by atoms with Gasteiger partial charge in [0.05, 0.1) is 24.6 Å². The van der Waals surface area contributed by atoms with Crippen LogP contribution in [-0.4, -0.2) is 28.8 Å². The molecule has 0 unspecified atom stereocenters. The summed E-state index contributed by atoms with van der Waals surface area (Å²) in [6.45, 7) is 0. The summed E-state index contributed by atoms with van der Waals surface area (Å²) in [5.41, 5.74) is 1.91. The van der Waals surface area contributed by atoms with Gasteiger partial charge in [-0.3, -0.25) is 9.48 Å². The second-order valence-corrected chi connectivity index (χ2v) is 6.62. The molecule has 1 heterocycles. The van der Waals surface area contributed by atoms with E-state index in [9.17, 15) is 9.59 Å². The summed E-state index contributed by atoms with van der Waals surface area (Å²) in [5, 5.41) is 8.96. The number of amides is 1. The number of fused-ring (bicyclic) bond motifs is 1. The summed E-state index contributed by atoms with van der Waals surface area (Å²) in [7, 11) is 3.20. The molecule has 2 aromatic carbocycles. The quantitative estimate of drug-likeness (QED) is 0.735. The maximum Gasteiger partial charge on any atom is 0.339 e. The van der Waals surface area contributed by atoms with Crippen LogP contribution in [0.1, 0.15) is 28.3 Å². The molecular weight excluding hydrogens is 330 g/mol. The van der Waals surface area contributed by atoms with Crippen molar-refractivity contribution >= 4 is 28.3 Å². The molecule has 6 nitrogen and oxygen atoms in total. The van der Waals surface area contributed by atoms with Crippen LogP contribution in [0.4, 0.5) is 5.69 Å². The predicted molar refractivity (Wildman–Crippen MR) is 98.0 cm³/mol. The molecule has 1 amide bonds. The largest absolute Gasteiger partial charge is 0.465 e. The van der Waals surface area contributed by atoms with Crippen molar-refractivity contribution in [2.24, 2.45) is 13.0 Å². The first-order valence-corrected chi connectivity index (χ1v) is 8.47. The lowest BCUT2D eigenvalue weighted by atomic mass is 10.0. The van der Waals surface area contributed by atoms with E-state index in [0.29, 0.717) is 11.3 Å². The number of rotatable bonds is 4. The molecule has 3 aromatic rings. The highest BCUT2D eigenvalue weighted by atomic mass is 16.5. The highest BCUT2D eigenvalue weighted by Crippen LogP contribution is 2.48. The van der Waals surface area contributed by atoms with Gasteiger partial charge in [-0.15, -0.1) is 0 Å². The van der Waals surface area contributed by atoms with Gasteiger partial charge in [0.15, 0.2) is 0 Å². The van der Waals surface area contributed by atoms with Crippen molar-refractivity contribution in [1.82, 2.24) is 9.78 Å². The van der Waals surface area contributed by atoms with Crippen LogP contribution in [-0.2, 0) is 16.6 Å². The molecule has 0 saturated heterocycles. The Labute approximate surface area is 150 Å². The number of benzene rings is 2. The maximum absolute atomic E-state index is 12.7. The Kier molecular flexibility index (Phi) is 3.95. The van der Waals surface area contributed by atoms with Crippen molar-refractivity contribution in [1.29, 1.82) is 0 Å². The molecule has 1 aromatic heterocycles. The van der Waals surface area contributed by atoms with Crippen molar-refractivity contribution in [2.45, 2.75) is 12.3 Å². The second kappa shape index (κ2) is 6.29. The van der Waals surface area contributed by atoms with Crippen LogP contribution in [0.5, 0.6) is 0 Å². The average molecular weight is 349 g/mol. The summed E-state index contributed by atoms with van der Waals surface area (Å²) >= 11 is 0. The highest BCUT2D eigenvalue weighted by molar-refractivity contribution is 6.06. The lowest BCUT2D eigenvalue weighted by molar-refractivity contribution is -0.117. The lowest BCUT2D eigenvalue weighted by Crippen LogP contribution is -2.17. The van der Waals surface area contributed by atoms with Crippen LogP contribution in [0.2, 0.25) is 0 Å². The zero-order chi connectivity index (χ0) is 18.3. The van der Waals surface area contributed by atoms with Gasteiger partial charge in [-0.2, -0.15) is 5.10 Å². The number of ether oxygens (including phenoxy) is 1. The molecule has 0 aliphatic heterocycles. The van der Waals surface area contributed by atoms with Gasteiger partial charge >= 0.3 is 5.97 Å². The third-order valence-corrected chi connectivity index (χ3v) is 4.83. The van der Waals surface area contributed by atoms with Crippen LogP contribution in [0.3, 0.4) is 0 Å². The van der Waals surface area contributed by atoms with Crippen LogP contribution < -0.4 is 5.32 Å². The van der Waals surface area contributed by atoms with Gasteiger partial charge in [-0.25, -0.2) is 4.79 Å². The smallest absolute Gasteiger partial charge is 0.339 e. The van der Waals surface area contributed by atoms with Crippen LogP contribution in [0, 0.1) is 5.92 Å². The summed E-state index contributed by atoms with van der Waals surface area (Å²) in [6.07, 6.45) is 4.53. The van der Waals surface area contributed by atoms with E-state index in [4.69, 9.17) is 4.74 Å². The van der Waals surface area contributed by atoms with E-state index >= 15 is 0 Å². The van der Waals surface area contributed by atoms with E-state index in [-0.39, 0.29) is 17.7 Å². The molecule has 132 valence electrons. The molecule has 26 heavy (non-hydrogen) atoms. The minimum absolute atomic E-state index is 0.0840. The number of nitrogens with zero attached hydrogens (tertiary/aromatic N) is 2. The Morgan fingerprint density at radius 2 is 1.96 bits per heavy atom. The molecule has 0 radical (unpaired) electrons. The molecule has 2 atom stereocenters. The first-order valence-electron chi connectivity index (χ1n) is 8.47. The van der Waals surface area contributed by atoms with Crippen LogP contribution in [0.25, 0.3) is 10.8 Å². The molecule has 4 rings (SSSR count). The van der Waals surface area contributed by atoms with Gasteiger partial charge in [-0.1, -0.05) is 24.3 Å². The number of anilines is 1. The fourth-order valence-corrected chi connectivity index (χ4v) is 3.33. The highest BCUT2D eigenvalue weighted by Gasteiger charge is 2.44. The minimum atomic E-state index is -0.467. The number of methoxy groups -OCH3 is 1. The van der Waals surface area contributed by atoms with Crippen molar-refractivity contribution in [3.8, 4) is 0 Å². The fourth-order valence-electron chi connectivity index (χ4n) is 3.33. The Bertz CT molecular complexity index is 1010. The Balaban J connectivity index is 1.60. The van der Waals surface area contributed by atoms with Gasteiger partial charge in [0.2, 0.25) is 5.91 Å². The molecular formula is C20H19N3O3. The number of hydrogen-bond acceptors (Lipinski definition) is 4.